The lowest BCUT2D eigenvalue weighted by atomic mass is 10.1. The number of halogens is 1. The van der Waals surface area contributed by atoms with Gasteiger partial charge in [-0.1, -0.05) is 51.1 Å². The zero-order chi connectivity index (χ0) is 54.6. The molecule has 2 aromatic carbocycles. The number of rotatable bonds is 13. The fraction of sp³-hybridized carbons (Fsp3) is 0.435. The summed E-state index contributed by atoms with van der Waals surface area (Å²) >= 11 is 0. The highest BCUT2D eigenvalue weighted by molar-refractivity contribution is 7.48. The molecule has 0 bridgehead atoms. The Morgan fingerprint density at radius 3 is 2.35 bits per heavy atom. The number of anilines is 1. The molecule has 77 heavy (non-hydrogen) atoms. The first-order chi connectivity index (χ1) is 36.6. The Bertz CT molecular complexity index is 3570. The average Bonchev–Trinajstić information content (AvgIpc) is 4.23. The second-order valence-corrected chi connectivity index (χ2v) is 27.5. The molecular weight excluding hydrogens is 1070 g/mol. The molecule has 3 fully saturated rings. The van der Waals surface area contributed by atoms with E-state index in [1.807, 2.05) is 39.9 Å². The monoisotopic (exact) mass is 1120 g/mol. The lowest BCUT2D eigenvalue weighted by Crippen LogP contribution is -2.49. The number of aromatic nitrogens is 9. The van der Waals surface area contributed by atoms with Crippen LogP contribution in [-0.2, 0) is 58.6 Å². The van der Waals surface area contributed by atoms with Crippen LogP contribution >= 0.6 is 15.6 Å². The molecule has 0 spiro atoms. The first-order valence-electron chi connectivity index (χ1n) is 24.1. The van der Waals surface area contributed by atoms with Crippen LogP contribution in [0.25, 0.3) is 28.1 Å². The van der Waals surface area contributed by atoms with Gasteiger partial charge in [-0.3, -0.25) is 51.5 Å². The molecule has 0 aliphatic carbocycles. The van der Waals surface area contributed by atoms with Gasteiger partial charge in [0.05, 0.1) is 49.9 Å². The van der Waals surface area contributed by atoms with Crippen molar-refractivity contribution in [3.63, 3.8) is 0 Å². The number of aryl methyl sites for hydroxylation is 2. The molecule has 31 heteroatoms. The summed E-state index contributed by atoms with van der Waals surface area (Å²) in [5.41, 5.74) is 0.490. The summed E-state index contributed by atoms with van der Waals surface area (Å²) in [6.07, 6.45) is -6.39. The number of phosphoric acid groups is 2. The summed E-state index contributed by atoms with van der Waals surface area (Å²) in [5, 5.41) is 22.9. The Morgan fingerprint density at radius 1 is 0.948 bits per heavy atom. The SMILES string of the molecule is CC(C)(C)[Si](C)(C)O[C@@H]1[C@@H]2OP(=O)(OCCC#N)OC[C@H]3O[C@@H](n4cnc5c(NC(=O)c6ccccc6)ncnc54)[C@H](F)[C@@H]3OP(=O)(O)OC[C@H]2O[C@H]1n1cnc2c(=O)n3ccn(CCc4ccc([N+](=O)[O-])cc4)c3nc21. The minimum atomic E-state index is -5.31. The van der Waals surface area contributed by atoms with Gasteiger partial charge in [-0.25, -0.2) is 37.9 Å². The van der Waals surface area contributed by atoms with Crippen molar-refractivity contribution in [2.45, 2.75) is 107 Å². The van der Waals surface area contributed by atoms with E-state index < -0.39 is 114 Å². The number of carbonyl (C=O) groups excluding carboxylic acids is 1. The molecule has 10 atom stereocenters. The van der Waals surface area contributed by atoms with Crippen LogP contribution in [0.15, 0.2) is 90.8 Å². The zero-order valence-electron chi connectivity index (χ0n) is 41.8. The number of nitro benzene ring substituents is 1. The third-order valence-electron chi connectivity index (χ3n) is 13.8. The van der Waals surface area contributed by atoms with Crippen LogP contribution in [0.5, 0.6) is 0 Å². The van der Waals surface area contributed by atoms with E-state index in [2.05, 4.69) is 25.3 Å². The van der Waals surface area contributed by atoms with Crippen molar-refractivity contribution < 1.29 is 64.7 Å². The van der Waals surface area contributed by atoms with Gasteiger partial charge < -0.3 is 28.7 Å². The predicted octanol–water partition coefficient (Wildman–Crippen LogP) is 6.57. The third kappa shape index (κ3) is 10.8. The van der Waals surface area contributed by atoms with E-state index in [0.29, 0.717) is 18.5 Å². The van der Waals surface area contributed by atoms with Crippen LogP contribution in [0.3, 0.4) is 0 Å². The third-order valence-corrected chi connectivity index (χ3v) is 20.7. The number of imidazole rings is 3. The summed E-state index contributed by atoms with van der Waals surface area (Å²) < 4.78 is 101. The zero-order valence-corrected chi connectivity index (χ0v) is 44.6. The molecule has 406 valence electrons. The topological polar surface area (TPSA) is 325 Å². The number of hydrogen-bond donors (Lipinski definition) is 2. The second-order valence-electron chi connectivity index (χ2n) is 19.7. The second kappa shape index (κ2) is 21.0. The van der Waals surface area contributed by atoms with Gasteiger partial charge in [0.15, 0.2) is 55.1 Å². The van der Waals surface area contributed by atoms with E-state index in [9.17, 15) is 34.4 Å². The fourth-order valence-electron chi connectivity index (χ4n) is 8.79. The van der Waals surface area contributed by atoms with Gasteiger partial charge in [-0.2, -0.15) is 10.2 Å². The number of nitro groups is 1. The summed E-state index contributed by atoms with van der Waals surface area (Å²) in [5.74, 6) is -0.324. The minimum Gasteiger partial charge on any atom is -0.407 e. The van der Waals surface area contributed by atoms with E-state index in [1.165, 1.54) is 33.6 Å². The van der Waals surface area contributed by atoms with Crippen LogP contribution < -0.4 is 10.9 Å². The van der Waals surface area contributed by atoms with Gasteiger partial charge in [-0.05, 0) is 42.2 Å². The maximum absolute atomic E-state index is 17.0. The lowest BCUT2D eigenvalue weighted by molar-refractivity contribution is -0.384. The van der Waals surface area contributed by atoms with E-state index >= 15 is 8.96 Å². The number of nitriles is 1. The van der Waals surface area contributed by atoms with Crippen molar-refractivity contribution in [3.8, 4) is 6.07 Å². The average molecular weight is 1120 g/mol. The number of benzene rings is 2. The van der Waals surface area contributed by atoms with Crippen LogP contribution in [0, 0.1) is 21.4 Å². The normalized spacial score (nSPS) is 27.2. The number of hydrogen-bond acceptors (Lipinski definition) is 20. The number of amides is 1. The number of ether oxygens (including phenoxy) is 2. The molecule has 8 heterocycles. The summed E-state index contributed by atoms with van der Waals surface area (Å²) in [4.78, 5) is 71.3. The molecule has 0 saturated carbocycles. The molecule has 10 rings (SSSR count). The number of fused-ring (bicyclic) bond motifs is 5. The predicted molar refractivity (Wildman–Crippen MR) is 269 cm³/mol. The highest BCUT2D eigenvalue weighted by Crippen LogP contribution is 2.57. The van der Waals surface area contributed by atoms with Crippen molar-refractivity contribution in [3.05, 3.63) is 118 Å². The van der Waals surface area contributed by atoms with Crippen molar-refractivity contribution in [1.29, 1.82) is 5.26 Å². The van der Waals surface area contributed by atoms with Gasteiger partial charge in [0.25, 0.3) is 17.2 Å². The van der Waals surface area contributed by atoms with Crippen molar-refractivity contribution in [2.75, 3.05) is 25.1 Å². The lowest BCUT2D eigenvalue weighted by Gasteiger charge is -2.41. The number of phosphoric ester groups is 2. The van der Waals surface area contributed by atoms with Gasteiger partial charge in [0.2, 0.25) is 5.78 Å². The van der Waals surface area contributed by atoms with Crippen LogP contribution in [-0.4, -0.2) is 124 Å². The van der Waals surface area contributed by atoms with Gasteiger partial charge in [-0.15, -0.1) is 0 Å². The molecule has 5 aromatic heterocycles. The Morgan fingerprint density at radius 2 is 1.64 bits per heavy atom. The fourth-order valence-corrected chi connectivity index (χ4v) is 12.4. The number of non-ortho nitro benzene ring substituents is 1. The molecule has 0 radical (unpaired) electrons. The highest BCUT2D eigenvalue weighted by Gasteiger charge is 2.57. The molecule has 2 unspecified atom stereocenters. The van der Waals surface area contributed by atoms with Crippen molar-refractivity contribution in [2.24, 2.45) is 0 Å². The van der Waals surface area contributed by atoms with Gasteiger partial charge >= 0.3 is 15.6 Å². The van der Waals surface area contributed by atoms with E-state index in [0.717, 1.165) is 22.8 Å². The largest absolute Gasteiger partial charge is 0.475 e. The van der Waals surface area contributed by atoms with Gasteiger partial charge in [0.1, 0.15) is 36.8 Å². The van der Waals surface area contributed by atoms with E-state index in [-0.39, 0.29) is 46.0 Å². The molecule has 27 nitrogen and oxygen atoms in total. The smallest absolute Gasteiger partial charge is 0.407 e. The molecular formula is C46H51FN12O15P2Si. The van der Waals surface area contributed by atoms with E-state index in [1.54, 1.807) is 53.2 Å². The quantitative estimate of drug-likeness (QED) is 0.0405. The summed E-state index contributed by atoms with van der Waals surface area (Å²) in [6.45, 7) is 7.87. The first-order valence-corrected chi connectivity index (χ1v) is 29.9. The summed E-state index contributed by atoms with van der Waals surface area (Å²) in [6, 6.07) is 16.3. The Kier molecular flexibility index (Phi) is 14.7. The maximum Gasteiger partial charge on any atom is 0.475 e. The number of nitrogens with zero attached hydrogens (tertiary/aromatic N) is 11. The van der Waals surface area contributed by atoms with Gasteiger partial charge in [0, 0.05) is 36.6 Å². The number of alkyl halides is 1. The molecule has 1 amide bonds. The van der Waals surface area contributed by atoms with Crippen LogP contribution in [0.2, 0.25) is 18.1 Å². The van der Waals surface area contributed by atoms with Crippen LogP contribution in [0.4, 0.5) is 15.9 Å². The first kappa shape index (κ1) is 53.9. The number of carbonyl (C=O) groups is 1. The molecule has 3 aliphatic rings. The Hall–Kier alpha value is -6.51. The van der Waals surface area contributed by atoms with E-state index in [4.69, 9.17) is 41.5 Å². The molecule has 7 aromatic rings. The van der Waals surface area contributed by atoms with Crippen molar-refractivity contribution >= 4 is 69.5 Å². The molecule has 3 saturated heterocycles. The standard InChI is InChI=1S/C46H51FN12O15P2Si/c1-46(2,3)77(4,5)74-37-36-31(71-44(37)58-26-52-34-40(58)54-45-55(19-20-56(45)42(34)61)18-16-27-12-14-29(15-13-27)59(62)63)22-68-75(64,65)72-35-30(23-69-76(66,73-36)67-21-9-17-48)70-43(32(35)47)57-25-51-33-38(49-24-50-39(33)57)53-41(60)28-10-7-6-8-11-28/h6-8,10-15,19-20,24-26,30-32,35-37,43-44H,9,16,18,21-23H2,1-5H3,(H,64,65)(H,49,50,53,60)/t30-,31-,32-,35-,36-,37-,43-,44-,76?/m1/s1. The molecule has 3 aliphatic heterocycles. The number of nitrogens with one attached hydrogen (secondary N) is 1. The Balaban J connectivity index is 0.979. The Labute approximate surface area is 437 Å². The molecule has 2 N–H and O–H groups in total. The highest BCUT2D eigenvalue weighted by atomic mass is 31.2. The summed E-state index contributed by atoms with van der Waals surface area (Å²) in [7, 11) is -13.2. The van der Waals surface area contributed by atoms with Crippen LogP contribution in [0.1, 0.15) is 55.6 Å². The maximum atomic E-state index is 17.0. The van der Waals surface area contributed by atoms with Crippen molar-refractivity contribution in [1.82, 2.24) is 43.0 Å². The minimum absolute atomic E-state index is 0.0111.